The number of amides is 1. The Hall–Kier alpha value is -3.44. The SMILES string of the molecule is CC(Nc1cc(F)c(F)c(F)c1)c1cc(C(=O)NCCN(C)C)cc2ncc(N3CCOCC3)nc12. The van der Waals surface area contributed by atoms with Gasteiger partial charge in [0.15, 0.2) is 17.5 Å². The Morgan fingerprint density at radius 2 is 1.83 bits per heavy atom. The third-order valence-corrected chi connectivity index (χ3v) is 5.94. The molecule has 3 aromatic rings. The zero-order chi connectivity index (χ0) is 25.8. The Balaban J connectivity index is 1.71. The third-order valence-electron chi connectivity index (χ3n) is 5.94. The van der Waals surface area contributed by atoms with Crippen LogP contribution in [0.2, 0.25) is 0 Å². The quantitative estimate of drug-likeness (QED) is 0.457. The van der Waals surface area contributed by atoms with Gasteiger partial charge in [0.05, 0.1) is 36.5 Å². The van der Waals surface area contributed by atoms with Gasteiger partial charge in [-0.15, -0.1) is 0 Å². The van der Waals surface area contributed by atoms with Crippen molar-refractivity contribution in [3.8, 4) is 0 Å². The van der Waals surface area contributed by atoms with Gasteiger partial charge in [-0.1, -0.05) is 0 Å². The lowest BCUT2D eigenvalue weighted by Gasteiger charge is -2.28. The molecule has 36 heavy (non-hydrogen) atoms. The van der Waals surface area contributed by atoms with Crippen molar-refractivity contribution < 1.29 is 22.7 Å². The van der Waals surface area contributed by atoms with Crippen LogP contribution >= 0.6 is 0 Å². The van der Waals surface area contributed by atoms with Crippen molar-refractivity contribution in [3.05, 3.63) is 59.0 Å². The van der Waals surface area contributed by atoms with E-state index in [1.807, 2.05) is 19.0 Å². The summed E-state index contributed by atoms with van der Waals surface area (Å²) >= 11 is 0. The summed E-state index contributed by atoms with van der Waals surface area (Å²) in [4.78, 5) is 26.3. The molecule has 0 spiro atoms. The van der Waals surface area contributed by atoms with Crippen LogP contribution in [0.15, 0.2) is 30.5 Å². The molecule has 0 radical (unpaired) electrons. The number of ether oxygens (including phenoxy) is 1. The molecule has 2 N–H and O–H groups in total. The molecule has 0 aliphatic carbocycles. The minimum absolute atomic E-state index is 0.0604. The largest absolute Gasteiger partial charge is 0.378 e. The van der Waals surface area contributed by atoms with Crippen molar-refractivity contribution in [2.75, 3.05) is 63.7 Å². The summed E-state index contributed by atoms with van der Waals surface area (Å²) in [6, 6.07) is 4.60. The molecule has 1 unspecified atom stereocenters. The van der Waals surface area contributed by atoms with Gasteiger partial charge < -0.3 is 25.2 Å². The van der Waals surface area contributed by atoms with Crippen molar-refractivity contribution in [2.45, 2.75) is 13.0 Å². The molecule has 1 aromatic heterocycles. The second kappa shape index (κ2) is 11.1. The number of likely N-dealkylation sites (N-methyl/N-ethyl adjacent to an activating group) is 1. The average Bonchev–Trinajstić information content (AvgIpc) is 2.86. The summed E-state index contributed by atoms with van der Waals surface area (Å²) in [5.41, 5.74) is 2.11. The topological polar surface area (TPSA) is 82.6 Å². The summed E-state index contributed by atoms with van der Waals surface area (Å²) in [5.74, 6) is -3.72. The molecule has 2 aromatic carbocycles. The maximum absolute atomic E-state index is 13.8. The van der Waals surface area contributed by atoms with E-state index in [2.05, 4.69) is 20.5 Å². The number of aromatic nitrogens is 2. The van der Waals surface area contributed by atoms with E-state index >= 15 is 0 Å². The van der Waals surface area contributed by atoms with Crippen LogP contribution in [-0.4, -0.2) is 74.3 Å². The van der Waals surface area contributed by atoms with Gasteiger partial charge in [0.25, 0.3) is 5.91 Å². The second-order valence-electron chi connectivity index (χ2n) is 8.94. The number of halogens is 3. The van der Waals surface area contributed by atoms with Crippen LogP contribution in [0.3, 0.4) is 0 Å². The summed E-state index contributed by atoms with van der Waals surface area (Å²) in [6.07, 6.45) is 1.66. The number of benzene rings is 2. The molecule has 1 saturated heterocycles. The van der Waals surface area contributed by atoms with Gasteiger partial charge >= 0.3 is 0 Å². The Kier molecular flexibility index (Phi) is 7.90. The van der Waals surface area contributed by atoms with Crippen LogP contribution in [0.5, 0.6) is 0 Å². The number of carbonyl (C=O) groups excluding carboxylic acids is 1. The number of carbonyl (C=O) groups is 1. The number of nitrogens with zero attached hydrogens (tertiary/aromatic N) is 4. The maximum Gasteiger partial charge on any atom is 0.251 e. The van der Waals surface area contributed by atoms with E-state index in [9.17, 15) is 18.0 Å². The van der Waals surface area contributed by atoms with Crippen molar-refractivity contribution in [3.63, 3.8) is 0 Å². The van der Waals surface area contributed by atoms with E-state index in [-0.39, 0.29) is 11.6 Å². The first-order valence-electron chi connectivity index (χ1n) is 11.7. The van der Waals surface area contributed by atoms with Gasteiger partial charge in [0.1, 0.15) is 5.82 Å². The standard InChI is InChI=1S/C25H29F3N6O2/c1-15(31-17-12-19(26)23(28)20(27)13-17)18-10-16(25(35)29-4-5-33(2)3)11-21-24(18)32-22(14-30-21)34-6-8-36-9-7-34/h10-15,31H,4-9H2,1-3H3,(H,29,35). The first-order valence-corrected chi connectivity index (χ1v) is 11.7. The Morgan fingerprint density at radius 1 is 1.14 bits per heavy atom. The molecule has 1 atom stereocenters. The Morgan fingerprint density at radius 3 is 2.50 bits per heavy atom. The molecule has 0 saturated carbocycles. The molecule has 8 nitrogen and oxygen atoms in total. The fraction of sp³-hybridized carbons (Fsp3) is 0.400. The predicted octanol–water partition coefficient (Wildman–Crippen LogP) is 3.35. The lowest BCUT2D eigenvalue weighted by Crippen LogP contribution is -2.36. The minimum Gasteiger partial charge on any atom is -0.378 e. The molecule has 1 aliphatic rings. The number of hydrogen-bond acceptors (Lipinski definition) is 7. The number of fused-ring (bicyclic) bond motifs is 1. The maximum atomic E-state index is 13.8. The van der Waals surface area contributed by atoms with E-state index in [0.29, 0.717) is 67.4 Å². The molecule has 1 amide bonds. The third kappa shape index (κ3) is 5.85. The number of nitrogens with one attached hydrogen (secondary N) is 2. The highest BCUT2D eigenvalue weighted by molar-refractivity contribution is 5.98. The van der Waals surface area contributed by atoms with E-state index < -0.39 is 23.5 Å². The fourth-order valence-corrected chi connectivity index (χ4v) is 4.00. The molecule has 1 fully saturated rings. The Labute approximate surface area is 207 Å². The van der Waals surface area contributed by atoms with E-state index in [4.69, 9.17) is 9.72 Å². The molecule has 192 valence electrons. The molecule has 1 aliphatic heterocycles. The Bertz CT molecular complexity index is 1230. The zero-order valence-corrected chi connectivity index (χ0v) is 20.4. The summed E-state index contributed by atoms with van der Waals surface area (Å²) in [7, 11) is 3.83. The van der Waals surface area contributed by atoms with Gasteiger partial charge in [-0.25, -0.2) is 18.2 Å². The monoisotopic (exact) mass is 502 g/mol. The molecule has 2 heterocycles. The van der Waals surface area contributed by atoms with Crippen LogP contribution in [0.25, 0.3) is 11.0 Å². The highest BCUT2D eigenvalue weighted by atomic mass is 19.2. The van der Waals surface area contributed by atoms with E-state index in [1.165, 1.54) is 0 Å². The summed E-state index contributed by atoms with van der Waals surface area (Å²) in [5, 5.41) is 5.88. The average molecular weight is 503 g/mol. The van der Waals surface area contributed by atoms with Crippen molar-refractivity contribution in [2.24, 2.45) is 0 Å². The van der Waals surface area contributed by atoms with Crippen LogP contribution in [-0.2, 0) is 4.74 Å². The van der Waals surface area contributed by atoms with Gasteiger partial charge in [-0.3, -0.25) is 9.78 Å². The highest BCUT2D eigenvalue weighted by Gasteiger charge is 2.20. The van der Waals surface area contributed by atoms with E-state index in [1.54, 1.807) is 25.3 Å². The summed E-state index contributed by atoms with van der Waals surface area (Å²) in [6.45, 7) is 5.41. The second-order valence-corrected chi connectivity index (χ2v) is 8.94. The zero-order valence-electron chi connectivity index (χ0n) is 20.4. The van der Waals surface area contributed by atoms with Gasteiger partial charge in [-0.2, -0.15) is 0 Å². The highest BCUT2D eigenvalue weighted by Crippen LogP contribution is 2.29. The van der Waals surface area contributed by atoms with Crippen molar-refractivity contribution in [1.29, 1.82) is 0 Å². The molecular weight excluding hydrogens is 473 g/mol. The number of hydrogen-bond donors (Lipinski definition) is 2. The first kappa shape index (κ1) is 25.6. The molecular formula is C25H29F3N6O2. The van der Waals surface area contributed by atoms with Gasteiger partial charge in [-0.05, 0) is 33.2 Å². The normalized spacial score (nSPS) is 14.8. The molecule has 0 bridgehead atoms. The van der Waals surface area contributed by atoms with E-state index in [0.717, 1.165) is 12.1 Å². The molecule has 11 heteroatoms. The fourth-order valence-electron chi connectivity index (χ4n) is 4.00. The van der Waals surface area contributed by atoms with Crippen LogP contribution in [0, 0.1) is 17.5 Å². The van der Waals surface area contributed by atoms with Crippen molar-refractivity contribution >= 4 is 28.4 Å². The summed E-state index contributed by atoms with van der Waals surface area (Å²) < 4.78 is 46.5. The smallest absolute Gasteiger partial charge is 0.251 e. The van der Waals surface area contributed by atoms with Crippen molar-refractivity contribution in [1.82, 2.24) is 20.2 Å². The predicted molar refractivity (Wildman–Crippen MR) is 132 cm³/mol. The lowest BCUT2D eigenvalue weighted by atomic mass is 10.0. The lowest BCUT2D eigenvalue weighted by molar-refractivity contribution is 0.0951. The number of anilines is 2. The number of morpholine rings is 1. The number of rotatable bonds is 8. The van der Waals surface area contributed by atoms with Gasteiger partial charge in [0.2, 0.25) is 0 Å². The van der Waals surface area contributed by atoms with Crippen LogP contribution in [0.1, 0.15) is 28.9 Å². The van der Waals surface area contributed by atoms with Gasteiger partial charge in [0, 0.05) is 55.1 Å². The molecule has 4 rings (SSSR count). The van der Waals surface area contributed by atoms with Crippen LogP contribution in [0.4, 0.5) is 24.7 Å². The minimum atomic E-state index is -1.53. The first-order chi connectivity index (χ1) is 17.2. The van der Waals surface area contributed by atoms with Crippen LogP contribution < -0.4 is 15.5 Å².